The van der Waals surface area contributed by atoms with Crippen molar-refractivity contribution in [1.29, 1.82) is 0 Å². The first-order chi connectivity index (χ1) is 35.6. The van der Waals surface area contributed by atoms with Gasteiger partial charge in [0.05, 0.1) is 26.4 Å². The van der Waals surface area contributed by atoms with E-state index in [-0.39, 0.29) is 19.6 Å². The number of unbranched alkanes of at least 4 members (excludes halogenated alkanes) is 19. The molecule has 2 heterocycles. The predicted molar refractivity (Wildman–Crippen MR) is 289 cm³/mol. The Labute approximate surface area is 440 Å². The van der Waals surface area contributed by atoms with E-state index in [0.29, 0.717) is 13.0 Å². The van der Waals surface area contributed by atoms with Crippen molar-refractivity contribution in [2.75, 3.05) is 33.0 Å². The van der Waals surface area contributed by atoms with E-state index < -0.39 is 86.7 Å². The standard InChI is InChI=1S/C59H102O14/c1-3-5-7-9-11-13-15-17-19-21-22-23-24-25-26-27-28-30-32-34-36-38-40-42-51(61)71-48(45-68-43-41-39-37-35-33-31-29-20-18-16-14-12-10-8-6-4-2)46-69-58-57(67)55(65)53(63)50(73-58)47-70-59-56(66)54(64)52(62)49(44-60)72-59/h6,8,12,14-15,17-18,20-22,24-25,48-50,52-60,62-67H,3-5,7,9-11,13,16,19,23,26-47H2,1-2H3/b8-6-,14-12-,17-15-,20-18-,22-21-,25-24-. The number of rotatable bonds is 45. The molecule has 2 fully saturated rings. The summed E-state index contributed by atoms with van der Waals surface area (Å²) in [5.41, 5.74) is 0. The molecule has 14 nitrogen and oxygen atoms in total. The molecule has 0 radical (unpaired) electrons. The number of allylic oxidation sites excluding steroid dienone is 12. The molecule has 11 atom stereocenters. The van der Waals surface area contributed by atoms with Crippen molar-refractivity contribution < 1.29 is 69.0 Å². The highest BCUT2D eigenvalue weighted by atomic mass is 16.7. The van der Waals surface area contributed by atoms with Gasteiger partial charge in [-0.25, -0.2) is 0 Å². The molecule has 14 heteroatoms. The molecule has 0 aromatic heterocycles. The third-order valence-corrected chi connectivity index (χ3v) is 13.2. The quantitative estimate of drug-likeness (QED) is 0.0172. The first kappa shape index (κ1) is 66.5. The second kappa shape index (κ2) is 45.6. The third kappa shape index (κ3) is 32.6. The number of hydrogen-bond donors (Lipinski definition) is 7. The van der Waals surface area contributed by atoms with Crippen molar-refractivity contribution in [3.05, 3.63) is 72.9 Å². The minimum absolute atomic E-state index is 0.0460. The van der Waals surface area contributed by atoms with E-state index in [9.17, 15) is 40.5 Å². The molecule has 0 aromatic carbocycles. The van der Waals surface area contributed by atoms with Gasteiger partial charge in [0.25, 0.3) is 0 Å². The molecule has 0 bridgehead atoms. The van der Waals surface area contributed by atoms with E-state index in [2.05, 4.69) is 86.8 Å². The highest BCUT2D eigenvalue weighted by Gasteiger charge is 2.47. The molecule has 7 N–H and O–H groups in total. The summed E-state index contributed by atoms with van der Waals surface area (Å²) in [6, 6.07) is 0. The Morgan fingerprint density at radius 1 is 0.466 bits per heavy atom. The monoisotopic (exact) mass is 1030 g/mol. The van der Waals surface area contributed by atoms with Crippen LogP contribution in [0.15, 0.2) is 72.9 Å². The van der Waals surface area contributed by atoms with Crippen molar-refractivity contribution in [2.24, 2.45) is 0 Å². The van der Waals surface area contributed by atoms with Crippen molar-refractivity contribution in [2.45, 2.75) is 261 Å². The van der Waals surface area contributed by atoms with Gasteiger partial charge in [0.15, 0.2) is 12.6 Å². The summed E-state index contributed by atoms with van der Waals surface area (Å²) in [4.78, 5) is 13.1. The molecule has 2 saturated heterocycles. The third-order valence-electron chi connectivity index (χ3n) is 13.2. The maximum Gasteiger partial charge on any atom is 0.306 e. The van der Waals surface area contributed by atoms with Gasteiger partial charge in [-0.05, 0) is 83.5 Å². The van der Waals surface area contributed by atoms with Gasteiger partial charge in [-0.1, -0.05) is 177 Å². The lowest BCUT2D eigenvalue weighted by Gasteiger charge is -2.42. The molecule has 0 spiro atoms. The highest BCUT2D eigenvalue weighted by Crippen LogP contribution is 2.26. The van der Waals surface area contributed by atoms with Crippen molar-refractivity contribution in [1.82, 2.24) is 0 Å². The van der Waals surface area contributed by atoms with Crippen LogP contribution in [0.2, 0.25) is 0 Å². The Hall–Kier alpha value is -2.57. The zero-order valence-corrected chi connectivity index (χ0v) is 45.1. The molecule has 0 aromatic rings. The molecular weight excluding hydrogens is 933 g/mol. The number of carbonyl (C=O) groups is 1. The summed E-state index contributed by atoms with van der Waals surface area (Å²) in [6.07, 6.45) is 41.0. The number of aliphatic hydroxyl groups is 7. The molecule has 73 heavy (non-hydrogen) atoms. The van der Waals surface area contributed by atoms with Crippen molar-refractivity contribution in [3.63, 3.8) is 0 Å². The van der Waals surface area contributed by atoms with Crippen LogP contribution in [0.1, 0.15) is 194 Å². The van der Waals surface area contributed by atoms with Crippen LogP contribution in [-0.4, -0.2) is 142 Å². The average molecular weight is 1040 g/mol. The van der Waals surface area contributed by atoms with Crippen LogP contribution in [0.25, 0.3) is 0 Å². The predicted octanol–water partition coefficient (Wildman–Crippen LogP) is 9.86. The summed E-state index contributed by atoms with van der Waals surface area (Å²) in [5, 5.41) is 72.3. The normalized spacial score (nSPS) is 25.5. The fourth-order valence-corrected chi connectivity index (χ4v) is 8.60. The maximum absolute atomic E-state index is 13.1. The van der Waals surface area contributed by atoms with Crippen LogP contribution in [0.3, 0.4) is 0 Å². The smallest absolute Gasteiger partial charge is 0.306 e. The number of aliphatic hydroxyl groups excluding tert-OH is 7. The van der Waals surface area contributed by atoms with Gasteiger partial charge in [-0.2, -0.15) is 0 Å². The second-order valence-corrected chi connectivity index (χ2v) is 19.7. The topological polar surface area (TPSA) is 214 Å². The lowest BCUT2D eigenvalue weighted by atomic mass is 9.98. The van der Waals surface area contributed by atoms with Crippen LogP contribution in [0, 0.1) is 0 Å². The molecule has 2 aliphatic rings. The average Bonchev–Trinajstić information content (AvgIpc) is 3.39. The Kier molecular flexibility index (Phi) is 41.6. The minimum atomic E-state index is -1.71. The van der Waals surface area contributed by atoms with Crippen LogP contribution in [0.4, 0.5) is 0 Å². The Morgan fingerprint density at radius 2 is 0.890 bits per heavy atom. The first-order valence-electron chi connectivity index (χ1n) is 28.5. The van der Waals surface area contributed by atoms with Crippen LogP contribution >= 0.6 is 0 Å². The Morgan fingerprint density at radius 3 is 1.40 bits per heavy atom. The van der Waals surface area contributed by atoms with Gasteiger partial charge in [0.1, 0.15) is 54.9 Å². The van der Waals surface area contributed by atoms with Gasteiger partial charge < -0.3 is 64.2 Å². The van der Waals surface area contributed by atoms with Gasteiger partial charge >= 0.3 is 5.97 Å². The summed E-state index contributed by atoms with van der Waals surface area (Å²) in [7, 11) is 0. The zero-order valence-electron chi connectivity index (χ0n) is 45.1. The number of carbonyl (C=O) groups excluding carboxylic acids is 1. The van der Waals surface area contributed by atoms with Crippen LogP contribution in [-0.2, 0) is 33.2 Å². The van der Waals surface area contributed by atoms with E-state index in [1.54, 1.807) is 0 Å². The fourth-order valence-electron chi connectivity index (χ4n) is 8.60. The van der Waals surface area contributed by atoms with Crippen LogP contribution in [0.5, 0.6) is 0 Å². The molecule has 0 amide bonds. The minimum Gasteiger partial charge on any atom is -0.457 e. The van der Waals surface area contributed by atoms with Crippen molar-refractivity contribution >= 4 is 5.97 Å². The van der Waals surface area contributed by atoms with E-state index in [1.165, 1.54) is 77.0 Å². The molecule has 2 aliphatic heterocycles. The van der Waals surface area contributed by atoms with E-state index in [1.807, 2.05) is 0 Å². The van der Waals surface area contributed by atoms with Crippen molar-refractivity contribution in [3.8, 4) is 0 Å². The summed E-state index contributed by atoms with van der Waals surface area (Å²) in [6.45, 7) is 3.52. The summed E-state index contributed by atoms with van der Waals surface area (Å²) < 4.78 is 34.3. The summed E-state index contributed by atoms with van der Waals surface area (Å²) in [5.74, 6) is -0.390. The molecule has 2 rings (SSSR count). The molecule has 0 aliphatic carbocycles. The van der Waals surface area contributed by atoms with Gasteiger partial charge in [-0.15, -0.1) is 0 Å². The maximum atomic E-state index is 13.1. The van der Waals surface area contributed by atoms with Gasteiger partial charge in [-0.3, -0.25) is 4.79 Å². The molecule has 422 valence electrons. The zero-order chi connectivity index (χ0) is 53.0. The van der Waals surface area contributed by atoms with Gasteiger partial charge in [0, 0.05) is 13.0 Å². The lowest BCUT2D eigenvalue weighted by molar-refractivity contribution is -0.332. The number of esters is 1. The lowest BCUT2D eigenvalue weighted by Crippen LogP contribution is -2.61. The first-order valence-corrected chi connectivity index (χ1v) is 28.5. The van der Waals surface area contributed by atoms with E-state index in [4.69, 9.17) is 28.4 Å². The second-order valence-electron chi connectivity index (χ2n) is 19.7. The fraction of sp³-hybridized carbons (Fsp3) is 0.780. The largest absolute Gasteiger partial charge is 0.457 e. The highest BCUT2D eigenvalue weighted by molar-refractivity contribution is 5.69. The number of ether oxygens (including phenoxy) is 6. The van der Waals surface area contributed by atoms with Gasteiger partial charge in [0.2, 0.25) is 0 Å². The molecule has 0 saturated carbocycles. The van der Waals surface area contributed by atoms with E-state index >= 15 is 0 Å². The number of hydrogen-bond acceptors (Lipinski definition) is 14. The van der Waals surface area contributed by atoms with Crippen LogP contribution < -0.4 is 0 Å². The SMILES string of the molecule is CC/C=C\C/C=C\C/C=C\CCCCCCCCOCC(COC1OC(COC2OC(CO)C(O)C(O)C2O)C(O)C(O)C1O)OC(=O)CCCCCCCCCC/C=C\C/C=C\C/C=C\CCCCCCC. The summed E-state index contributed by atoms with van der Waals surface area (Å²) >= 11 is 0. The molecule has 11 unspecified atom stereocenters. The molecular formula is C59H102O14. The van der Waals surface area contributed by atoms with E-state index in [0.717, 1.165) is 89.9 Å². The Bertz CT molecular complexity index is 1480. The Balaban J connectivity index is 1.73.